The van der Waals surface area contributed by atoms with Crippen molar-refractivity contribution in [2.75, 3.05) is 12.0 Å². The van der Waals surface area contributed by atoms with Crippen molar-refractivity contribution < 1.29 is 92.1 Å². The molecule has 6 saturated carbocycles. The summed E-state index contributed by atoms with van der Waals surface area (Å²) < 4.78 is 143. The van der Waals surface area contributed by atoms with Gasteiger partial charge in [0.15, 0.2) is 43.9 Å². The smallest absolute Gasteiger partial charge is 0.449 e. The molecular weight excluding hydrogens is 1260 g/mol. The predicted molar refractivity (Wildman–Crippen MR) is 334 cm³/mol. The van der Waals surface area contributed by atoms with Crippen LogP contribution in [0, 0.1) is 91.8 Å². The van der Waals surface area contributed by atoms with Crippen LogP contribution in [0.5, 0.6) is 0 Å². The van der Waals surface area contributed by atoms with Crippen molar-refractivity contribution in [1.29, 1.82) is 0 Å². The largest absolute Gasteiger partial charge is 0.673 e. The van der Waals surface area contributed by atoms with Crippen molar-refractivity contribution in [3.05, 3.63) is 106 Å². The Balaban J connectivity index is 0.000000192. The van der Waals surface area contributed by atoms with Crippen molar-refractivity contribution in [1.82, 2.24) is 0 Å². The van der Waals surface area contributed by atoms with E-state index >= 15 is 17.6 Å². The fourth-order valence-electron chi connectivity index (χ4n) is 17.5. The molecule has 6 fully saturated rings. The highest BCUT2D eigenvalue weighted by Crippen LogP contribution is 2.74. The molecule has 0 heterocycles. The first kappa shape index (κ1) is 73.8. The number of thiol groups is 1. The summed E-state index contributed by atoms with van der Waals surface area (Å²) in [6.07, 6.45) is 0.779. The maximum absolute atomic E-state index is 17.2. The number of aliphatic hydroxyl groups is 2. The minimum atomic E-state index is -6.00. The van der Waals surface area contributed by atoms with Gasteiger partial charge in [-0.05, 0) is 181 Å². The molecule has 10 nitrogen and oxygen atoms in total. The Hall–Kier alpha value is -4.65. The average molecular weight is 1350 g/mol. The number of hydrogen-bond donors (Lipinski definition) is 3. The molecule has 0 amide bonds. The summed E-state index contributed by atoms with van der Waals surface area (Å²) in [7, 11) is -6.47. The molecule has 0 saturated heterocycles. The highest BCUT2D eigenvalue weighted by atomic mass is 32.2. The molecule has 11 unspecified atom stereocenters. The van der Waals surface area contributed by atoms with E-state index in [2.05, 4.69) is 77.6 Å². The predicted octanol–water partition coefficient (Wildman–Crippen LogP) is 14.6. The molecule has 8 aliphatic rings. The van der Waals surface area contributed by atoms with E-state index in [0.29, 0.717) is 18.2 Å². The minimum absolute atomic E-state index is 0.0141. The van der Waals surface area contributed by atoms with E-state index in [1.165, 1.54) is 66.0 Å². The van der Waals surface area contributed by atoms with Crippen LogP contribution in [0.2, 0.25) is 0 Å². The van der Waals surface area contributed by atoms with Gasteiger partial charge in [-0.25, -0.2) is 22.0 Å². The zero-order valence-electron chi connectivity index (χ0n) is 53.5. The Morgan fingerprint density at radius 3 is 1.46 bits per heavy atom. The van der Waals surface area contributed by atoms with Crippen molar-refractivity contribution >= 4 is 76.3 Å². The lowest BCUT2D eigenvalue weighted by Gasteiger charge is -2.63. The van der Waals surface area contributed by atoms with Crippen LogP contribution >= 0.6 is 24.4 Å². The molecule has 502 valence electrons. The number of aryl methyl sites for hydroxylation is 2. The van der Waals surface area contributed by atoms with Crippen LogP contribution in [0.25, 0.3) is 0 Å². The summed E-state index contributed by atoms with van der Waals surface area (Å²) in [5, 5.41) is 21.4. The Kier molecular flexibility index (Phi) is 21.5. The normalized spacial score (nSPS) is 38.5. The fraction of sp³-hybridized carbons (Fsp3) is 0.612. The second-order valence-electron chi connectivity index (χ2n) is 26.8. The van der Waals surface area contributed by atoms with Gasteiger partial charge >= 0.3 is 19.2 Å². The van der Waals surface area contributed by atoms with Gasteiger partial charge in [-0.3, -0.25) is 28.8 Å². The molecule has 8 aliphatic carbocycles. The third kappa shape index (κ3) is 12.0. The third-order valence-corrected chi connectivity index (χ3v) is 25.4. The van der Waals surface area contributed by atoms with Crippen molar-refractivity contribution in [3.63, 3.8) is 0 Å². The molecule has 0 radical (unpaired) electrons. The zero-order valence-corrected chi connectivity index (χ0v) is 56.0. The number of benzene rings is 2. The molecule has 2 aromatic rings. The van der Waals surface area contributed by atoms with Crippen LogP contribution in [0.1, 0.15) is 135 Å². The van der Waals surface area contributed by atoms with Crippen molar-refractivity contribution in [2.45, 2.75) is 198 Å². The van der Waals surface area contributed by atoms with E-state index in [0.717, 1.165) is 21.9 Å². The summed E-state index contributed by atoms with van der Waals surface area (Å²) >= 11 is 4.48. The van der Waals surface area contributed by atoms with Crippen LogP contribution < -0.4 is 0 Å². The first-order valence-electron chi connectivity index (χ1n) is 30.7. The number of aliphatic hydroxyl groups excluding tert-OH is 2. The van der Waals surface area contributed by atoms with Crippen LogP contribution in [-0.4, -0.2) is 110 Å². The van der Waals surface area contributed by atoms with Crippen LogP contribution in [-0.2, 0) is 49.1 Å². The van der Waals surface area contributed by atoms with Crippen LogP contribution in [0.4, 0.5) is 43.6 Å². The molecule has 0 aromatic heterocycles. The molecule has 10 rings (SSSR count). The van der Waals surface area contributed by atoms with Gasteiger partial charge in [0.05, 0.1) is 23.1 Å². The SMILES string of the molecule is CCC(=O)O[C@@]1(C(=O)S)[C@H](C)CC2C3C[C@@H](F)C4=CC(=O)C=CC4(C)[C@]3(F)C(O)CC21C.CCC(=O)O[C@@]1(C(=O)SCF)[C@H](C)CC2C3C[C@@H](F)C4=CC(=O)C=CC4(C)[C@]3(F)C(O)CC21C.Cc1ccc([S+](CF)c2cc(C)c(C)c(C)c2C)cc1.F[B-](F)(F)F. The lowest BCUT2D eigenvalue weighted by Crippen LogP contribution is -2.70. The first-order valence-corrected chi connectivity index (χ1v) is 33.5. The molecule has 91 heavy (non-hydrogen) atoms. The quantitative estimate of drug-likeness (QED) is 0.0683. The highest BCUT2D eigenvalue weighted by Gasteiger charge is 2.80. The molecular formula is C67H83BF10O10S3. The number of allylic oxidation sites excluding steroid dienone is 8. The number of halogens is 10. The zero-order chi connectivity index (χ0) is 68.5. The summed E-state index contributed by atoms with van der Waals surface area (Å²) in [4.78, 5) is 77.2. The maximum Gasteiger partial charge on any atom is 0.673 e. The molecule has 0 spiro atoms. The molecule has 2 N–H and O–H groups in total. The lowest BCUT2D eigenvalue weighted by atomic mass is 9.44. The number of alkyl halides is 6. The van der Waals surface area contributed by atoms with Gasteiger partial charge in [-0.15, -0.1) is 12.6 Å². The van der Waals surface area contributed by atoms with Crippen molar-refractivity contribution in [2.24, 2.45) is 57.2 Å². The summed E-state index contributed by atoms with van der Waals surface area (Å²) in [5.41, 5.74) is -7.00. The number of thioether (sulfide) groups is 1. The van der Waals surface area contributed by atoms with E-state index in [1.807, 2.05) is 0 Å². The van der Waals surface area contributed by atoms with Crippen LogP contribution in [0.15, 0.2) is 87.7 Å². The topological polar surface area (TPSA) is 161 Å². The summed E-state index contributed by atoms with van der Waals surface area (Å²) in [6, 6.07) is 9.06. The molecule has 24 heteroatoms. The monoisotopic (exact) mass is 1340 g/mol. The number of rotatable bonds is 10. The Bertz CT molecular complexity index is 3320. The minimum Gasteiger partial charge on any atom is -0.449 e. The number of ketones is 2. The second-order valence-corrected chi connectivity index (χ2v) is 30.0. The number of esters is 2. The molecule has 0 aliphatic heterocycles. The van der Waals surface area contributed by atoms with Gasteiger partial charge in [0.1, 0.15) is 18.3 Å². The fourth-order valence-corrected chi connectivity index (χ4v) is 20.6. The van der Waals surface area contributed by atoms with Gasteiger partial charge in [0, 0.05) is 63.7 Å². The molecule has 19 atom stereocenters. The molecule has 2 aromatic carbocycles. The number of carbonyl (C=O) groups is 6. The Morgan fingerprint density at radius 1 is 0.659 bits per heavy atom. The lowest BCUT2D eigenvalue weighted by molar-refractivity contribution is -0.228. The number of carbonyl (C=O) groups excluding carboxylic acids is 6. The Morgan fingerprint density at radius 2 is 1.07 bits per heavy atom. The second kappa shape index (κ2) is 26.5. The summed E-state index contributed by atoms with van der Waals surface area (Å²) in [6.45, 7) is 23.6. The van der Waals surface area contributed by atoms with Gasteiger partial charge < -0.3 is 36.9 Å². The first-order chi connectivity index (χ1) is 42.1. The maximum atomic E-state index is 17.2. The summed E-state index contributed by atoms with van der Waals surface area (Å²) in [5.74, 6) is -6.24. The van der Waals surface area contributed by atoms with Gasteiger partial charge in [0.25, 0.3) is 6.01 Å². The Labute approximate surface area is 538 Å². The average Bonchev–Trinajstić information content (AvgIpc) is 1.63. The number of ether oxygens (including phenoxy) is 2. The van der Waals surface area contributed by atoms with E-state index < -0.39 is 162 Å². The van der Waals surface area contributed by atoms with E-state index in [-0.39, 0.29) is 62.1 Å². The van der Waals surface area contributed by atoms with E-state index in [9.17, 15) is 65.0 Å². The third-order valence-electron chi connectivity index (χ3n) is 22.4. The standard InChI is InChI=1S/C25H31F3O5S.C24H30F2O5S.C18H22FS.BF4/c1-5-20(31)33-25(21(32)34-12-26)13(2)8-15-16-10-18(27)17-9-14(29)6-7-22(17,3)24(16,28)19(30)11-23(15,25)4;1-5-19(29)31-24(20(30)32)12(2)8-14-15-10-17(25)16-9-13(27)6-7-21(16,3)23(15,26)18(28)11-22(14,24)4;1-12-6-8-17(9-7-12)20(11-19)18-10-13(2)14(3)15(4)16(18)5;2-1(3,4)5/h6-7,9,13,15-16,18-19,30H,5,8,10-12H2,1-4H3;6-7,9,12,14-15,17-18,28H,5,8,10-11H2,1-4H3,(H,30,32);6-10H,11H2,1-5H3;/q;;+1;-1/t13-,15?,16?,18-,19?,22?,23?,24-,25-;12-,14?,15?,17-,18?,21?,22?,23-,24-;;/m11../s1. The van der Waals surface area contributed by atoms with Gasteiger partial charge in [-0.2, -0.15) is 4.39 Å². The highest BCUT2D eigenvalue weighted by molar-refractivity contribution is 8.13. The van der Waals surface area contributed by atoms with Crippen molar-refractivity contribution in [3.8, 4) is 0 Å². The number of hydrogen-bond acceptors (Lipinski definition) is 11. The van der Waals surface area contributed by atoms with Crippen LogP contribution in [0.3, 0.4) is 0 Å². The molecule has 0 bridgehead atoms. The van der Waals surface area contributed by atoms with Gasteiger partial charge in [0.2, 0.25) is 10.2 Å². The van der Waals surface area contributed by atoms with E-state index in [1.54, 1.807) is 41.5 Å². The number of fused-ring (bicyclic) bond motifs is 10. The van der Waals surface area contributed by atoms with Gasteiger partial charge in [-0.1, -0.05) is 71.4 Å². The van der Waals surface area contributed by atoms with E-state index in [4.69, 9.17) is 9.47 Å².